The largest absolute Gasteiger partial charge is 0.345 e. The number of hydrogen-bond acceptors (Lipinski definition) is 1. The Morgan fingerprint density at radius 2 is 0.518 bits per heavy atom. The number of para-hydroxylation sites is 5. The molecule has 11 heteroatoms. The van der Waals surface area contributed by atoms with Crippen molar-refractivity contribution >= 4 is 170 Å². The molecule has 11 nitrogen and oxygen atoms in total. The van der Waals surface area contributed by atoms with Gasteiger partial charge in [-0.3, -0.25) is 0 Å². The lowest BCUT2D eigenvalue weighted by Gasteiger charge is -1.98. The summed E-state index contributed by atoms with van der Waals surface area (Å²) in [5.74, 6) is 0. The molecule has 0 fully saturated rings. The summed E-state index contributed by atoms with van der Waals surface area (Å²) < 4.78 is 15.3. The van der Waals surface area contributed by atoms with Gasteiger partial charge in [-0.1, -0.05) is 186 Å². The first kappa shape index (κ1) is 73.2. The zero-order valence-electron chi connectivity index (χ0n) is 65.5. The van der Waals surface area contributed by atoms with Crippen molar-refractivity contribution in [3.8, 4) is 6.07 Å². The van der Waals surface area contributed by atoms with Crippen LogP contribution >= 0.6 is 0 Å². The molecule has 0 radical (unpaired) electrons. The summed E-state index contributed by atoms with van der Waals surface area (Å²) in [6, 6.07) is 98.8. The van der Waals surface area contributed by atoms with Crippen LogP contribution in [0.2, 0.25) is 0 Å². The van der Waals surface area contributed by atoms with Gasteiger partial charge in [0.25, 0.3) is 0 Å². The lowest BCUT2D eigenvalue weighted by atomic mass is 10.1. The topological polar surface area (TPSA) is 71.4 Å². The molecule has 0 unspecified atom stereocenters. The average Bonchev–Trinajstić information content (AvgIpc) is 1.59. The molecule has 14 aromatic carbocycles. The summed E-state index contributed by atoms with van der Waals surface area (Å²) in [6.07, 6.45) is 0. The summed E-state index contributed by atoms with van der Waals surface area (Å²) in [5.41, 5.74) is 27.7. The SMILES string of the molecule is Cc1ccc2c(c1)c1cc(C)ccc1n2C.Cc1ccc2c(c1)c1ccccc1n2C.Cc1ccc2c3ccccc3n(C)c2c1.Cn1c2ccccc2c2cccc(C#N)c21.[C-]#[N+]c1ccc2c(c1)c1cc(C)ccc1n2C.[C-]#[N+]c1ccc2c3ccc(C)cc3n(C)c2c1.[C-]#[N+]c1cccc2c1c1ccccc1n2C. The summed E-state index contributed by atoms with van der Waals surface area (Å²) >= 11 is 0. The maximum absolute atomic E-state index is 9.12. The van der Waals surface area contributed by atoms with E-state index < -0.39 is 0 Å². The van der Waals surface area contributed by atoms with Gasteiger partial charge in [-0.25, -0.2) is 14.5 Å². The molecule has 21 aromatic rings. The molecule has 21 rings (SSSR count). The van der Waals surface area contributed by atoms with E-state index in [2.05, 4.69) is 323 Å². The molecule has 0 aliphatic carbocycles. The van der Waals surface area contributed by atoms with E-state index >= 15 is 0 Å². The third-order valence-electron chi connectivity index (χ3n) is 22.1. The summed E-state index contributed by atoms with van der Waals surface area (Å²) in [5, 5.41) is 26.7. The van der Waals surface area contributed by atoms with Crippen LogP contribution in [0.1, 0.15) is 38.9 Å². The van der Waals surface area contributed by atoms with Crippen molar-refractivity contribution in [1.82, 2.24) is 32.0 Å². The van der Waals surface area contributed by atoms with Gasteiger partial charge in [0.1, 0.15) is 6.07 Å². The van der Waals surface area contributed by atoms with Gasteiger partial charge in [0, 0.05) is 186 Å². The molecular formula is C101H85N11. The van der Waals surface area contributed by atoms with Crippen LogP contribution in [0.5, 0.6) is 0 Å². The zero-order valence-corrected chi connectivity index (χ0v) is 65.5. The van der Waals surface area contributed by atoms with Crippen molar-refractivity contribution in [3.63, 3.8) is 0 Å². The van der Waals surface area contributed by atoms with Gasteiger partial charge >= 0.3 is 0 Å². The molecular weight excluding hydrogens is 1370 g/mol. The van der Waals surface area contributed by atoms with Crippen LogP contribution in [0.4, 0.5) is 17.1 Å². The highest BCUT2D eigenvalue weighted by molar-refractivity contribution is 6.16. The molecule has 0 amide bonds. The summed E-state index contributed by atoms with van der Waals surface area (Å²) in [6.45, 7) is 34.2. The van der Waals surface area contributed by atoms with E-state index in [9.17, 15) is 0 Å². The second kappa shape index (κ2) is 30.4. The Balaban J connectivity index is 0.000000103. The fraction of sp³-hybridized carbons (Fsp3) is 0.129. The molecule has 0 atom stereocenters. The maximum atomic E-state index is 9.12. The molecule has 544 valence electrons. The second-order valence-electron chi connectivity index (χ2n) is 29.3. The molecule has 0 bridgehead atoms. The van der Waals surface area contributed by atoms with E-state index in [1.807, 2.05) is 99.0 Å². The quantitative estimate of drug-likeness (QED) is 0.139. The number of nitriles is 1. The Morgan fingerprint density at radius 3 is 0.982 bits per heavy atom. The molecule has 0 aliphatic heterocycles. The monoisotopic (exact) mass is 1450 g/mol. The second-order valence-corrected chi connectivity index (χ2v) is 29.3. The highest BCUT2D eigenvalue weighted by atomic mass is 15.0. The number of nitrogens with zero attached hydrogens (tertiary/aromatic N) is 11. The van der Waals surface area contributed by atoms with E-state index in [-0.39, 0.29) is 0 Å². The van der Waals surface area contributed by atoms with E-state index in [4.69, 9.17) is 25.0 Å². The third kappa shape index (κ3) is 13.3. The van der Waals surface area contributed by atoms with Gasteiger partial charge in [-0.2, -0.15) is 5.26 Å². The first-order chi connectivity index (χ1) is 54.3. The predicted molar refractivity (Wildman–Crippen MR) is 475 cm³/mol. The van der Waals surface area contributed by atoms with Crippen LogP contribution in [-0.4, -0.2) is 32.0 Å². The van der Waals surface area contributed by atoms with Crippen LogP contribution in [0.3, 0.4) is 0 Å². The standard InChI is InChI=1S/2C15H12N2.C15H15N.2C14H10N2.2C14H13N/c1-10-4-6-14-12(8-10)13-9-11(16-2)5-7-15(13)17(14)3;1-10-4-6-12-13-7-5-11(16-2)9-15(13)17(3)14(12)8-10;1-10-4-6-14-12(8-10)13-9-11(2)5-7-15(13)16(14)3;1-15-11-7-5-9-13-14(11)10-6-3-4-8-12(10)16(13)2;1-16-13-8-3-2-6-11(13)12-7-4-5-10(9-15)14(12)16;1-10-7-8-14-12(9-10)11-5-3-4-6-13(11)15(14)2;1-10-7-8-12-11-5-3-4-6-13(11)15(2)14(12)9-10/h2*4-9H,1,3H3;4-9H,1-3H3;3-9H,2H3;2-8H,1H3;2*3-9H,1-2H3. The molecule has 0 spiro atoms. The zero-order chi connectivity index (χ0) is 78.3. The molecule has 0 saturated heterocycles. The Morgan fingerprint density at radius 1 is 0.232 bits per heavy atom. The van der Waals surface area contributed by atoms with Crippen LogP contribution in [0.25, 0.3) is 167 Å². The van der Waals surface area contributed by atoms with Gasteiger partial charge in [-0.15, -0.1) is 0 Å². The van der Waals surface area contributed by atoms with Crippen molar-refractivity contribution in [3.05, 3.63) is 352 Å². The average molecular weight is 1450 g/mol. The van der Waals surface area contributed by atoms with Crippen molar-refractivity contribution in [2.45, 2.75) is 41.5 Å². The minimum Gasteiger partial charge on any atom is -0.345 e. The number of hydrogen-bond donors (Lipinski definition) is 0. The number of aryl methyl sites for hydroxylation is 13. The normalized spacial score (nSPS) is 11.0. The predicted octanol–water partition coefficient (Wildman–Crippen LogP) is 26.7. The third-order valence-corrected chi connectivity index (χ3v) is 22.1. The molecule has 0 aliphatic rings. The van der Waals surface area contributed by atoms with Crippen LogP contribution < -0.4 is 0 Å². The number of aromatic nitrogens is 7. The van der Waals surface area contributed by atoms with Crippen molar-refractivity contribution in [2.24, 2.45) is 49.3 Å². The van der Waals surface area contributed by atoms with E-state index in [0.717, 1.165) is 44.0 Å². The summed E-state index contributed by atoms with van der Waals surface area (Å²) in [4.78, 5) is 10.6. The fourth-order valence-corrected chi connectivity index (χ4v) is 16.4. The Labute approximate surface area is 652 Å². The van der Waals surface area contributed by atoms with Crippen molar-refractivity contribution in [1.29, 1.82) is 5.26 Å². The minimum absolute atomic E-state index is 0.695. The number of fused-ring (bicyclic) bond motifs is 21. The van der Waals surface area contributed by atoms with Gasteiger partial charge in [0.15, 0.2) is 17.1 Å². The minimum atomic E-state index is 0.695. The molecule has 0 N–H and O–H groups in total. The first-order valence-electron chi connectivity index (χ1n) is 37.5. The number of rotatable bonds is 0. The first-order valence-corrected chi connectivity index (χ1v) is 37.5. The van der Waals surface area contributed by atoms with Gasteiger partial charge in [0.05, 0.1) is 30.8 Å². The van der Waals surface area contributed by atoms with Crippen molar-refractivity contribution in [2.75, 3.05) is 0 Å². The smallest absolute Gasteiger partial charge is 0.197 e. The van der Waals surface area contributed by atoms with Gasteiger partial charge in [-0.05, 0) is 179 Å². The Kier molecular flexibility index (Phi) is 19.8. The molecule has 0 saturated carbocycles. The highest BCUT2D eigenvalue weighted by Crippen LogP contribution is 2.38. The van der Waals surface area contributed by atoms with Gasteiger partial charge in [0.2, 0.25) is 0 Å². The van der Waals surface area contributed by atoms with E-state index in [1.165, 1.54) is 153 Å². The maximum Gasteiger partial charge on any atom is 0.197 e. The molecule has 112 heavy (non-hydrogen) atoms. The Hall–Kier alpha value is -14.4. The van der Waals surface area contributed by atoms with Crippen LogP contribution in [-0.2, 0) is 49.3 Å². The van der Waals surface area contributed by atoms with Crippen LogP contribution in [0, 0.1) is 72.6 Å². The fourth-order valence-electron chi connectivity index (χ4n) is 16.4. The number of benzene rings is 14. The molecule has 7 heterocycles. The van der Waals surface area contributed by atoms with E-state index in [0.29, 0.717) is 11.4 Å². The van der Waals surface area contributed by atoms with Crippen LogP contribution in [0.15, 0.2) is 279 Å². The highest BCUT2D eigenvalue weighted by Gasteiger charge is 2.16. The van der Waals surface area contributed by atoms with Gasteiger partial charge < -0.3 is 32.0 Å². The van der Waals surface area contributed by atoms with Crippen molar-refractivity contribution < 1.29 is 0 Å². The summed E-state index contributed by atoms with van der Waals surface area (Å²) in [7, 11) is 14.6. The Bertz CT molecular complexity index is 7410. The molecule has 7 aromatic heterocycles. The lowest BCUT2D eigenvalue weighted by molar-refractivity contribution is 1.01. The van der Waals surface area contributed by atoms with E-state index in [1.54, 1.807) is 0 Å². The lowest BCUT2D eigenvalue weighted by Crippen LogP contribution is -1.89.